The summed E-state index contributed by atoms with van der Waals surface area (Å²) in [5.41, 5.74) is 3.97. The minimum absolute atomic E-state index is 0.107. The molecule has 0 fully saturated rings. The van der Waals surface area contributed by atoms with Gasteiger partial charge in [-0.15, -0.1) is 0 Å². The van der Waals surface area contributed by atoms with Gasteiger partial charge in [-0.3, -0.25) is 0 Å². The summed E-state index contributed by atoms with van der Waals surface area (Å²) in [6.07, 6.45) is 0. The lowest BCUT2D eigenvalue weighted by Gasteiger charge is -2.19. The number of carbonyl (C=O) groups is 1. The van der Waals surface area contributed by atoms with Crippen molar-refractivity contribution < 1.29 is 4.79 Å². The molecule has 3 nitrogen and oxygen atoms in total. The summed E-state index contributed by atoms with van der Waals surface area (Å²) in [6, 6.07) is 13.4. The molecule has 0 aliphatic carbocycles. The van der Waals surface area contributed by atoms with Crippen molar-refractivity contribution in [1.82, 2.24) is 0 Å². The van der Waals surface area contributed by atoms with Gasteiger partial charge in [-0.25, -0.2) is 4.79 Å². The monoisotopic (exact) mass is 360 g/mol. The normalized spacial score (nSPS) is 11.1. The highest BCUT2D eigenvalue weighted by atomic mass is 79.9. The van der Waals surface area contributed by atoms with Crippen molar-refractivity contribution >= 4 is 33.3 Å². The lowest BCUT2D eigenvalue weighted by atomic mass is 9.87. The summed E-state index contributed by atoms with van der Waals surface area (Å²) in [4.78, 5) is 12.0. The van der Waals surface area contributed by atoms with E-state index in [9.17, 15) is 4.79 Å². The second-order valence-corrected chi connectivity index (χ2v) is 7.22. The van der Waals surface area contributed by atoms with Crippen molar-refractivity contribution in [2.75, 3.05) is 10.6 Å². The number of urea groups is 1. The van der Waals surface area contributed by atoms with Crippen LogP contribution in [0.15, 0.2) is 46.9 Å². The number of carbonyl (C=O) groups excluding carboxylic acids is 1. The zero-order valence-electron chi connectivity index (χ0n) is 13.3. The molecule has 0 atom stereocenters. The van der Waals surface area contributed by atoms with E-state index in [1.54, 1.807) is 0 Å². The zero-order valence-corrected chi connectivity index (χ0v) is 14.9. The van der Waals surface area contributed by atoms with Crippen LogP contribution in [0.25, 0.3) is 0 Å². The average Bonchev–Trinajstić information content (AvgIpc) is 2.42. The predicted octanol–water partition coefficient (Wildman–Crippen LogP) is 5.70. The molecular weight excluding hydrogens is 340 g/mol. The van der Waals surface area contributed by atoms with Gasteiger partial charge in [-0.2, -0.15) is 0 Å². The van der Waals surface area contributed by atoms with E-state index >= 15 is 0 Å². The summed E-state index contributed by atoms with van der Waals surface area (Å²) >= 11 is 3.44. The van der Waals surface area contributed by atoms with Crippen molar-refractivity contribution in [2.24, 2.45) is 0 Å². The van der Waals surface area contributed by atoms with Gasteiger partial charge < -0.3 is 10.6 Å². The fourth-order valence-electron chi connectivity index (χ4n) is 2.07. The Morgan fingerprint density at radius 2 is 1.50 bits per heavy atom. The molecule has 0 bridgehead atoms. The number of nitrogens with one attached hydrogen (secondary N) is 2. The quantitative estimate of drug-likeness (QED) is 0.708. The average molecular weight is 361 g/mol. The second kappa shape index (κ2) is 6.53. The highest BCUT2D eigenvalue weighted by Gasteiger charge is 2.13. The minimum Gasteiger partial charge on any atom is -0.308 e. The molecule has 0 spiro atoms. The standard InChI is InChI=1S/C18H21BrN2O/c1-12-11-15(9-10-16(12)19)21-17(22)20-14-7-5-13(6-8-14)18(2,3)4/h5-11H,1-4H3,(H2,20,21,22). The molecular formula is C18H21BrN2O. The van der Waals surface area contributed by atoms with Gasteiger partial charge >= 0.3 is 6.03 Å². The van der Waals surface area contributed by atoms with Crippen LogP contribution >= 0.6 is 15.9 Å². The van der Waals surface area contributed by atoms with Gasteiger partial charge in [0, 0.05) is 15.8 Å². The molecule has 0 aromatic heterocycles. The second-order valence-electron chi connectivity index (χ2n) is 6.37. The van der Waals surface area contributed by atoms with E-state index in [1.165, 1.54) is 5.56 Å². The Balaban J connectivity index is 2.01. The third-order valence-electron chi connectivity index (χ3n) is 3.42. The fourth-order valence-corrected chi connectivity index (χ4v) is 2.32. The van der Waals surface area contributed by atoms with Crippen LogP contribution in [0.3, 0.4) is 0 Å². The number of amides is 2. The number of hydrogen-bond acceptors (Lipinski definition) is 1. The maximum Gasteiger partial charge on any atom is 0.323 e. The first-order chi connectivity index (χ1) is 10.3. The lowest BCUT2D eigenvalue weighted by molar-refractivity contribution is 0.262. The molecule has 2 aromatic rings. The van der Waals surface area contributed by atoms with Gasteiger partial charge in [-0.05, 0) is 53.8 Å². The van der Waals surface area contributed by atoms with Crippen LogP contribution in [-0.4, -0.2) is 6.03 Å². The Morgan fingerprint density at radius 1 is 0.955 bits per heavy atom. The molecule has 0 saturated heterocycles. The molecule has 4 heteroatoms. The first-order valence-electron chi connectivity index (χ1n) is 7.20. The van der Waals surface area contributed by atoms with Gasteiger partial charge in [0.1, 0.15) is 0 Å². The van der Waals surface area contributed by atoms with E-state index in [1.807, 2.05) is 49.4 Å². The van der Waals surface area contributed by atoms with E-state index < -0.39 is 0 Å². The van der Waals surface area contributed by atoms with Gasteiger partial charge in [0.25, 0.3) is 0 Å². The van der Waals surface area contributed by atoms with E-state index in [0.717, 1.165) is 21.4 Å². The summed E-state index contributed by atoms with van der Waals surface area (Å²) in [5, 5.41) is 5.67. The highest BCUT2D eigenvalue weighted by molar-refractivity contribution is 9.10. The summed E-state index contributed by atoms with van der Waals surface area (Å²) in [6.45, 7) is 8.48. The van der Waals surface area contributed by atoms with Crippen LogP contribution in [0.4, 0.5) is 16.2 Å². The van der Waals surface area contributed by atoms with Crippen molar-refractivity contribution in [3.05, 3.63) is 58.1 Å². The first kappa shape index (κ1) is 16.6. The molecule has 2 rings (SSSR count). The SMILES string of the molecule is Cc1cc(NC(=O)Nc2ccc(C(C)(C)C)cc2)ccc1Br. The van der Waals surface area contributed by atoms with Crippen LogP contribution in [0.2, 0.25) is 0 Å². The molecule has 116 valence electrons. The smallest absolute Gasteiger partial charge is 0.308 e. The number of aryl methyl sites for hydroxylation is 1. The number of benzene rings is 2. The molecule has 22 heavy (non-hydrogen) atoms. The molecule has 2 aromatic carbocycles. The summed E-state index contributed by atoms with van der Waals surface area (Å²) in [7, 11) is 0. The Kier molecular flexibility index (Phi) is 4.91. The third-order valence-corrected chi connectivity index (χ3v) is 4.31. The molecule has 0 aliphatic heterocycles. The number of anilines is 2. The van der Waals surface area contributed by atoms with Crippen LogP contribution in [0, 0.1) is 6.92 Å². The van der Waals surface area contributed by atoms with E-state index in [2.05, 4.69) is 47.3 Å². The van der Waals surface area contributed by atoms with Gasteiger partial charge in [0.2, 0.25) is 0 Å². The molecule has 2 amide bonds. The Bertz CT molecular complexity index is 672. The first-order valence-corrected chi connectivity index (χ1v) is 8.00. The summed E-state index contributed by atoms with van der Waals surface area (Å²) < 4.78 is 1.02. The van der Waals surface area contributed by atoms with Gasteiger partial charge in [0.05, 0.1) is 0 Å². The van der Waals surface area contributed by atoms with Crippen molar-refractivity contribution in [2.45, 2.75) is 33.1 Å². The van der Waals surface area contributed by atoms with Crippen LogP contribution in [0.5, 0.6) is 0 Å². The van der Waals surface area contributed by atoms with E-state index in [4.69, 9.17) is 0 Å². The van der Waals surface area contributed by atoms with Crippen LogP contribution in [-0.2, 0) is 5.41 Å². The molecule has 0 radical (unpaired) electrons. The van der Waals surface area contributed by atoms with Gasteiger partial charge in [0.15, 0.2) is 0 Å². The van der Waals surface area contributed by atoms with Gasteiger partial charge in [-0.1, -0.05) is 48.8 Å². The minimum atomic E-state index is -0.245. The fraction of sp³-hybridized carbons (Fsp3) is 0.278. The van der Waals surface area contributed by atoms with E-state index in [0.29, 0.717) is 0 Å². The Hall–Kier alpha value is -1.81. The lowest BCUT2D eigenvalue weighted by Crippen LogP contribution is -2.19. The Labute approximate surface area is 140 Å². The maximum absolute atomic E-state index is 12.0. The molecule has 0 unspecified atom stereocenters. The molecule has 0 aliphatic rings. The van der Waals surface area contributed by atoms with Crippen molar-refractivity contribution in [3.63, 3.8) is 0 Å². The maximum atomic E-state index is 12.0. The van der Waals surface area contributed by atoms with Crippen molar-refractivity contribution in [1.29, 1.82) is 0 Å². The van der Waals surface area contributed by atoms with Crippen molar-refractivity contribution in [3.8, 4) is 0 Å². The number of halogens is 1. The zero-order chi connectivity index (χ0) is 16.3. The number of rotatable bonds is 2. The van der Waals surface area contributed by atoms with Crippen LogP contribution < -0.4 is 10.6 Å². The Morgan fingerprint density at radius 3 is 2.05 bits per heavy atom. The summed E-state index contributed by atoms with van der Waals surface area (Å²) in [5.74, 6) is 0. The van der Waals surface area contributed by atoms with Crippen LogP contribution in [0.1, 0.15) is 31.9 Å². The van der Waals surface area contributed by atoms with E-state index in [-0.39, 0.29) is 11.4 Å². The predicted molar refractivity (Wildman–Crippen MR) is 96.7 cm³/mol. The molecule has 0 heterocycles. The molecule has 2 N–H and O–H groups in total. The highest BCUT2D eigenvalue weighted by Crippen LogP contribution is 2.24. The number of hydrogen-bond donors (Lipinski definition) is 2. The largest absolute Gasteiger partial charge is 0.323 e. The molecule has 0 saturated carbocycles. The third kappa shape index (κ3) is 4.34. The topological polar surface area (TPSA) is 41.1 Å².